The monoisotopic (exact) mass is 734 g/mol. The molecule has 0 saturated heterocycles. The zero-order chi connectivity index (χ0) is 39.7. The van der Waals surface area contributed by atoms with E-state index in [0.717, 1.165) is 35.3 Å². The van der Waals surface area contributed by atoms with Crippen molar-refractivity contribution in [3.8, 4) is 34.1 Å². The van der Waals surface area contributed by atoms with Gasteiger partial charge >= 0.3 is 11.9 Å². The van der Waals surface area contributed by atoms with Crippen LogP contribution >= 0.6 is 0 Å². The Hall–Kier alpha value is -4.58. The SMILES string of the molecule is CCC(C)(CC)Oc1ccc(C(C)c2ccc(OC(=O)C(CC)(CC)C(C)(CC)Oc3ccc(-c4ccc(OC(=O)C(C)(C)CC)cc4)cc3)cc2)cc1. The molecule has 0 aliphatic heterocycles. The summed E-state index contributed by atoms with van der Waals surface area (Å²) in [6.45, 7) is 22.5. The molecule has 0 aromatic heterocycles. The van der Waals surface area contributed by atoms with Crippen LogP contribution in [0.25, 0.3) is 11.1 Å². The number of rotatable bonds is 18. The molecule has 0 amide bonds. The molecule has 0 heterocycles. The van der Waals surface area contributed by atoms with Crippen molar-refractivity contribution in [2.45, 2.75) is 132 Å². The van der Waals surface area contributed by atoms with E-state index in [9.17, 15) is 9.59 Å². The summed E-state index contributed by atoms with van der Waals surface area (Å²) in [6.07, 6.45) is 4.33. The maximum absolute atomic E-state index is 14.2. The average Bonchev–Trinajstić information content (AvgIpc) is 3.19. The van der Waals surface area contributed by atoms with Crippen molar-refractivity contribution < 1.29 is 28.5 Å². The molecule has 0 N–H and O–H groups in total. The molecule has 0 fully saturated rings. The lowest BCUT2D eigenvalue weighted by atomic mass is 9.67. The van der Waals surface area contributed by atoms with Crippen LogP contribution in [0.1, 0.15) is 132 Å². The fourth-order valence-corrected chi connectivity index (χ4v) is 6.82. The van der Waals surface area contributed by atoms with Crippen LogP contribution in [0.3, 0.4) is 0 Å². The first-order valence-corrected chi connectivity index (χ1v) is 19.8. The molecule has 54 heavy (non-hydrogen) atoms. The van der Waals surface area contributed by atoms with Crippen molar-refractivity contribution in [2.24, 2.45) is 10.8 Å². The lowest BCUT2D eigenvalue weighted by Crippen LogP contribution is -2.55. The maximum Gasteiger partial charge on any atom is 0.321 e. The summed E-state index contributed by atoms with van der Waals surface area (Å²) >= 11 is 0. The molecule has 4 rings (SSSR count). The zero-order valence-electron chi connectivity index (χ0n) is 34.5. The smallest absolute Gasteiger partial charge is 0.321 e. The molecule has 6 heteroatoms. The van der Waals surface area contributed by atoms with E-state index in [1.807, 2.05) is 114 Å². The summed E-state index contributed by atoms with van der Waals surface area (Å²) in [5, 5.41) is 0. The van der Waals surface area contributed by atoms with Gasteiger partial charge in [-0.25, -0.2) is 0 Å². The molecule has 0 radical (unpaired) electrons. The summed E-state index contributed by atoms with van der Waals surface area (Å²) in [6, 6.07) is 31.6. The van der Waals surface area contributed by atoms with Gasteiger partial charge in [0, 0.05) is 5.92 Å². The van der Waals surface area contributed by atoms with E-state index in [1.54, 1.807) is 0 Å². The Kier molecular flexibility index (Phi) is 13.8. The molecule has 0 spiro atoms. The standard InChI is InChI=1S/C48H62O6/c1-12-45(8,9)43(49)51-39-28-22-37(23-29-39)38-24-32-42(33-25-38)54-47(11,15-4)48(16-5,17-6)44(50)52-40-26-18-35(19-27-40)34(7)36-20-30-41(31-21-36)53-46(10,13-2)14-3/h18-34H,12-17H2,1-11H3. The quantitative estimate of drug-likeness (QED) is 0.0749. The van der Waals surface area contributed by atoms with E-state index in [0.29, 0.717) is 42.9 Å². The number of hydrogen-bond acceptors (Lipinski definition) is 6. The summed E-state index contributed by atoms with van der Waals surface area (Å²) in [7, 11) is 0. The fourth-order valence-electron chi connectivity index (χ4n) is 6.82. The van der Waals surface area contributed by atoms with Gasteiger partial charge in [0.15, 0.2) is 0 Å². The van der Waals surface area contributed by atoms with Crippen LogP contribution in [0.2, 0.25) is 0 Å². The molecule has 4 aromatic carbocycles. The van der Waals surface area contributed by atoms with Gasteiger partial charge in [0.25, 0.3) is 0 Å². The Morgan fingerprint density at radius 3 is 1.28 bits per heavy atom. The van der Waals surface area contributed by atoms with Crippen LogP contribution in [0, 0.1) is 10.8 Å². The topological polar surface area (TPSA) is 71.1 Å². The van der Waals surface area contributed by atoms with Gasteiger partial charge in [0.05, 0.1) is 5.41 Å². The molecule has 6 nitrogen and oxygen atoms in total. The molecular weight excluding hydrogens is 673 g/mol. The normalized spacial score (nSPS) is 13.8. The predicted molar refractivity (Wildman–Crippen MR) is 220 cm³/mol. The van der Waals surface area contributed by atoms with Gasteiger partial charge in [-0.1, -0.05) is 97.0 Å². The Balaban J connectivity index is 1.44. The van der Waals surface area contributed by atoms with E-state index < -0.39 is 16.4 Å². The van der Waals surface area contributed by atoms with Crippen LogP contribution in [-0.2, 0) is 9.59 Å². The first-order chi connectivity index (χ1) is 25.6. The average molecular weight is 735 g/mol. The number of esters is 2. The first-order valence-electron chi connectivity index (χ1n) is 19.8. The molecule has 2 atom stereocenters. The van der Waals surface area contributed by atoms with Crippen molar-refractivity contribution in [1.82, 2.24) is 0 Å². The molecular formula is C48H62O6. The minimum absolute atomic E-state index is 0.156. The van der Waals surface area contributed by atoms with Gasteiger partial charge in [0.1, 0.15) is 39.6 Å². The summed E-state index contributed by atoms with van der Waals surface area (Å²) < 4.78 is 24.8. The van der Waals surface area contributed by atoms with Gasteiger partial charge in [-0.05, 0) is 137 Å². The lowest BCUT2D eigenvalue weighted by molar-refractivity contribution is -0.162. The van der Waals surface area contributed by atoms with Gasteiger partial charge < -0.3 is 18.9 Å². The molecule has 4 aromatic rings. The highest BCUT2D eigenvalue weighted by Gasteiger charge is 2.54. The highest BCUT2D eigenvalue weighted by Crippen LogP contribution is 2.45. The van der Waals surface area contributed by atoms with Crippen molar-refractivity contribution in [3.63, 3.8) is 0 Å². The van der Waals surface area contributed by atoms with E-state index in [4.69, 9.17) is 18.9 Å². The van der Waals surface area contributed by atoms with Gasteiger partial charge in [-0.3, -0.25) is 9.59 Å². The summed E-state index contributed by atoms with van der Waals surface area (Å²) in [5.74, 6) is 2.22. The highest BCUT2D eigenvalue weighted by atomic mass is 16.5. The van der Waals surface area contributed by atoms with Crippen molar-refractivity contribution in [2.75, 3.05) is 0 Å². The molecule has 0 bridgehead atoms. The number of carbonyl (C=O) groups is 2. The second-order valence-corrected chi connectivity index (χ2v) is 15.7. The second-order valence-electron chi connectivity index (χ2n) is 15.7. The summed E-state index contributed by atoms with van der Waals surface area (Å²) in [5.41, 5.74) is 1.89. The van der Waals surface area contributed by atoms with Gasteiger partial charge in [-0.2, -0.15) is 0 Å². The molecule has 2 unspecified atom stereocenters. The van der Waals surface area contributed by atoms with Crippen LogP contribution in [0.5, 0.6) is 23.0 Å². The van der Waals surface area contributed by atoms with Gasteiger partial charge in [-0.15, -0.1) is 0 Å². The lowest BCUT2D eigenvalue weighted by Gasteiger charge is -2.45. The highest BCUT2D eigenvalue weighted by molar-refractivity contribution is 5.81. The number of hydrogen-bond donors (Lipinski definition) is 0. The molecule has 0 aliphatic rings. The Labute approximate surface area is 324 Å². The van der Waals surface area contributed by atoms with E-state index in [1.165, 1.54) is 5.56 Å². The Bertz CT molecular complexity index is 1800. The molecule has 0 saturated carbocycles. The van der Waals surface area contributed by atoms with Crippen LogP contribution < -0.4 is 18.9 Å². The second kappa shape index (κ2) is 17.7. The molecule has 290 valence electrons. The Morgan fingerprint density at radius 2 is 0.870 bits per heavy atom. The van der Waals surface area contributed by atoms with Crippen LogP contribution in [0.15, 0.2) is 97.1 Å². The van der Waals surface area contributed by atoms with Gasteiger partial charge in [0.2, 0.25) is 0 Å². The van der Waals surface area contributed by atoms with Crippen molar-refractivity contribution in [3.05, 3.63) is 108 Å². The third kappa shape index (κ3) is 9.37. The molecule has 0 aliphatic carbocycles. The van der Waals surface area contributed by atoms with Crippen molar-refractivity contribution >= 4 is 11.9 Å². The number of benzene rings is 4. The fraction of sp³-hybridized carbons (Fsp3) is 0.458. The van der Waals surface area contributed by atoms with E-state index in [2.05, 4.69) is 58.9 Å². The predicted octanol–water partition coefficient (Wildman–Crippen LogP) is 12.8. The minimum atomic E-state index is -0.887. The number of carbonyl (C=O) groups excluding carboxylic acids is 2. The number of ether oxygens (including phenoxy) is 4. The largest absolute Gasteiger partial charge is 0.488 e. The van der Waals surface area contributed by atoms with Crippen LogP contribution in [-0.4, -0.2) is 23.1 Å². The zero-order valence-corrected chi connectivity index (χ0v) is 34.5. The maximum atomic E-state index is 14.2. The summed E-state index contributed by atoms with van der Waals surface area (Å²) in [4.78, 5) is 26.7. The Morgan fingerprint density at radius 1 is 0.481 bits per heavy atom. The van der Waals surface area contributed by atoms with E-state index >= 15 is 0 Å². The van der Waals surface area contributed by atoms with Crippen molar-refractivity contribution in [1.29, 1.82) is 0 Å². The van der Waals surface area contributed by atoms with Crippen LogP contribution in [0.4, 0.5) is 0 Å². The third-order valence-corrected chi connectivity index (χ3v) is 12.1. The third-order valence-electron chi connectivity index (χ3n) is 12.1. The minimum Gasteiger partial charge on any atom is -0.488 e. The first kappa shape index (κ1) is 42.2. The van der Waals surface area contributed by atoms with E-state index in [-0.39, 0.29) is 23.5 Å².